The van der Waals surface area contributed by atoms with Gasteiger partial charge in [0.1, 0.15) is 0 Å². The topological polar surface area (TPSA) is 27.0 Å². The molecule has 0 unspecified atom stereocenters. The molecule has 0 aliphatic carbocycles. The van der Waals surface area contributed by atoms with Gasteiger partial charge in [0.05, 0.1) is 11.6 Å². The standard InChI is InChI=1S/C18H18N2/c19-12-15-7-9-16(10-8-15)13-20-11-3-6-17-4-1-2-5-18(17)14-20/h1-2,4-5,7-10H,3,6,11,13-14H2. The lowest BCUT2D eigenvalue weighted by Gasteiger charge is -2.20. The number of nitriles is 1. The van der Waals surface area contributed by atoms with Gasteiger partial charge in [-0.25, -0.2) is 0 Å². The summed E-state index contributed by atoms with van der Waals surface area (Å²) < 4.78 is 0. The minimum atomic E-state index is 0.731. The van der Waals surface area contributed by atoms with E-state index in [1.165, 1.54) is 29.5 Å². The summed E-state index contributed by atoms with van der Waals surface area (Å²) in [5.74, 6) is 0. The molecule has 0 fully saturated rings. The molecule has 1 aliphatic rings. The fourth-order valence-corrected chi connectivity index (χ4v) is 2.85. The molecule has 1 heterocycles. The van der Waals surface area contributed by atoms with E-state index in [4.69, 9.17) is 5.26 Å². The lowest BCUT2D eigenvalue weighted by Crippen LogP contribution is -2.22. The predicted octanol–water partition coefficient (Wildman–Crippen LogP) is 3.51. The Hall–Kier alpha value is -2.11. The molecule has 0 radical (unpaired) electrons. The molecule has 0 bridgehead atoms. The van der Waals surface area contributed by atoms with Gasteiger partial charge in [-0.15, -0.1) is 0 Å². The van der Waals surface area contributed by atoms with E-state index in [1.807, 2.05) is 12.1 Å². The van der Waals surface area contributed by atoms with Crippen LogP contribution in [0.2, 0.25) is 0 Å². The third kappa shape index (κ3) is 2.89. The summed E-state index contributed by atoms with van der Waals surface area (Å²) >= 11 is 0. The fraction of sp³-hybridized carbons (Fsp3) is 0.278. The Morgan fingerprint density at radius 3 is 2.50 bits per heavy atom. The third-order valence-corrected chi connectivity index (χ3v) is 3.92. The van der Waals surface area contributed by atoms with Crippen molar-refractivity contribution in [3.8, 4) is 6.07 Å². The van der Waals surface area contributed by atoms with E-state index in [9.17, 15) is 0 Å². The van der Waals surface area contributed by atoms with Gasteiger partial charge in [0.25, 0.3) is 0 Å². The monoisotopic (exact) mass is 262 g/mol. The highest BCUT2D eigenvalue weighted by molar-refractivity contribution is 5.32. The second kappa shape index (κ2) is 5.90. The first-order valence-electron chi connectivity index (χ1n) is 7.13. The van der Waals surface area contributed by atoms with Crippen LogP contribution >= 0.6 is 0 Å². The highest BCUT2D eigenvalue weighted by atomic mass is 15.1. The zero-order chi connectivity index (χ0) is 13.8. The van der Waals surface area contributed by atoms with E-state index in [-0.39, 0.29) is 0 Å². The molecule has 0 N–H and O–H groups in total. The van der Waals surface area contributed by atoms with E-state index in [1.54, 1.807) is 0 Å². The van der Waals surface area contributed by atoms with Crippen LogP contribution in [0, 0.1) is 11.3 Å². The van der Waals surface area contributed by atoms with E-state index in [0.29, 0.717) is 0 Å². The van der Waals surface area contributed by atoms with Gasteiger partial charge in [-0.2, -0.15) is 5.26 Å². The molecule has 0 atom stereocenters. The summed E-state index contributed by atoms with van der Waals surface area (Å²) in [4.78, 5) is 2.49. The molecule has 0 aromatic heterocycles. The van der Waals surface area contributed by atoms with Gasteiger partial charge in [-0.05, 0) is 48.2 Å². The molecule has 100 valence electrons. The number of fused-ring (bicyclic) bond motifs is 1. The predicted molar refractivity (Wildman–Crippen MR) is 80.0 cm³/mol. The van der Waals surface area contributed by atoms with Gasteiger partial charge < -0.3 is 0 Å². The summed E-state index contributed by atoms with van der Waals surface area (Å²) in [6.45, 7) is 3.12. The molecule has 1 aliphatic heterocycles. The van der Waals surface area contributed by atoms with Gasteiger partial charge in [-0.1, -0.05) is 36.4 Å². The van der Waals surface area contributed by atoms with Crippen molar-refractivity contribution >= 4 is 0 Å². The molecule has 2 nitrogen and oxygen atoms in total. The molecule has 0 saturated heterocycles. The second-order valence-corrected chi connectivity index (χ2v) is 5.39. The van der Waals surface area contributed by atoms with Crippen molar-refractivity contribution in [3.05, 3.63) is 70.8 Å². The molecular formula is C18H18N2. The van der Waals surface area contributed by atoms with E-state index in [0.717, 1.165) is 25.2 Å². The van der Waals surface area contributed by atoms with E-state index >= 15 is 0 Å². The molecule has 0 spiro atoms. The summed E-state index contributed by atoms with van der Waals surface area (Å²) in [5, 5.41) is 8.84. The van der Waals surface area contributed by atoms with E-state index in [2.05, 4.69) is 47.4 Å². The average Bonchev–Trinajstić information content (AvgIpc) is 2.69. The Balaban J connectivity index is 1.73. The first-order valence-corrected chi connectivity index (χ1v) is 7.13. The lowest BCUT2D eigenvalue weighted by atomic mass is 10.0. The van der Waals surface area contributed by atoms with Crippen LogP contribution in [0.1, 0.15) is 28.7 Å². The van der Waals surface area contributed by atoms with Gasteiger partial charge in [-0.3, -0.25) is 4.90 Å². The first kappa shape index (κ1) is 12.9. The summed E-state index contributed by atoms with van der Waals surface area (Å²) in [5.41, 5.74) is 4.96. The Kier molecular flexibility index (Phi) is 3.80. The van der Waals surface area contributed by atoms with Gasteiger partial charge in [0.2, 0.25) is 0 Å². The number of rotatable bonds is 2. The van der Waals surface area contributed by atoms with Crippen LogP contribution in [0.5, 0.6) is 0 Å². The van der Waals surface area contributed by atoms with Crippen LogP contribution < -0.4 is 0 Å². The van der Waals surface area contributed by atoms with Gasteiger partial charge in [0, 0.05) is 13.1 Å². The van der Waals surface area contributed by atoms with Crippen molar-refractivity contribution in [1.82, 2.24) is 4.90 Å². The number of aryl methyl sites for hydroxylation is 1. The fourth-order valence-electron chi connectivity index (χ4n) is 2.85. The SMILES string of the molecule is N#Cc1ccc(CN2CCCc3ccccc3C2)cc1. The van der Waals surface area contributed by atoms with Crippen molar-refractivity contribution in [2.24, 2.45) is 0 Å². The highest BCUT2D eigenvalue weighted by Gasteiger charge is 2.13. The van der Waals surface area contributed by atoms with Crippen LogP contribution in [0.4, 0.5) is 0 Å². The Labute approximate surface area is 120 Å². The van der Waals surface area contributed by atoms with Crippen LogP contribution in [-0.4, -0.2) is 11.4 Å². The van der Waals surface area contributed by atoms with Gasteiger partial charge in [0.15, 0.2) is 0 Å². The number of hydrogen-bond acceptors (Lipinski definition) is 2. The Morgan fingerprint density at radius 1 is 1.00 bits per heavy atom. The average molecular weight is 262 g/mol. The van der Waals surface area contributed by atoms with Crippen LogP contribution in [0.25, 0.3) is 0 Å². The molecule has 2 heteroatoms. The van der Waals surface area contributed by atoms with Crippen LogP contribution in [0.15, 0.2) is 48.5 Å². The number of hydrogen-bond donors (Lipinski definition) is 0. The Bertz CT molecular complexity index is 623. The first-order chi connectivity index (χ1) is 9.85. The maximum absolute atomic E-state index is 8.84. The van der Waals surface area contributed by atoms with Crippen molar-refractivity contribution in [1.29, 1.82) is 5.26 Å². The normalized spacial score (nSPS) is 15.2. The molecule has 20 heavy (non-hydrogen) atoms. The van der Waals surface area contributed by atoms with Crippen LogP contribution in [-0.2, 0) is 19.5 Å². The molecule has 0 amide bonds. The minimum Gasteiger partial charge on any atom is -0.295 e. The van der Waals surface area contributed by atoms with E-state index < -0.39 is 0 Å². The maximum atomic E-state index is 8.84. The summed E-state index contributed by atoms with van der Waals surface area (Å²) in [6, 6.07) is 18.9. The second-order valence-electron chi connectivity index (χ2n) is 5.39. The number of benzene rings is 2. The molecule has 0 saturated carbocycles. The third-order valence-electron chi connectivity index (χ3n) is 3.92. The molecule has 2 aromatic rings. The van der Waals surface area contributed by atoms with Gasteiger partial charge >= 0.3 is 0 Å². The summed E-state index contributed by atoms with van der Waals surface area (Å²) in [6.07, 6.45) is 2.40. The molecule has 2 aromatic carbocycles. The zero-order valence-corrected chi connectivity index (χ0v) is 11.5. The quantitative estimate of drug-likeness (QED) is 0.828. The lowest BCUT2D eigenvalue weighted by molar-refractivity contribution is 0.261. The highest BCUT2D eigenvalue weighted by Crippen LogP contribution is 2.20. The largest absolute Gasteiger partial charge is 0.295 e. The van der Waals surface area contributed by atoms with Crippen molar-refractivity contribution in [2.75, 3.05) is 6.54 Å². The van der Waals surface area contributed by atoms with Crippen molar-refractivity contribution in [2.45, 2.75) is 25.9 Å². The number of nitrogens with zero attached hydrogens (tertiary/aromatic N) is 2. The minimum absolute atomic E-state index is 0.731. The smallest absolute Gasteiger partial charge is 0.0991 e. The van der Waals surface area contributed by atoms with Crippen molar-refractivity contribution < 1.29 is 0 Å². The molecule has 3 rings (SSSR count). The zero-order valence-electron chi connectivity index (χ0n) is 11.5. The van der Waals surface area contributed by atoms with Crippen molar-refractivity contribution in [3.63, 3.8) is 0 Å². The van der Waals surface area contributed by atoms with Crippen LogP contribution in [0.3, 0.4) is 0 Å². The summed E-state index contributed by atoms with van der Waals surface area (Å²) in [7, 11) is 0. The Morgan fingerprint density at radius 2 is 1.75 bits per heavy atom. The maximum Gasteiger partial charge on any atom is 0.0991 e. The molecular weight excluding hydrogens is 244 g/mol.